The van der Waals surface area contributed by atoms with Gasteiger partial charge in [0.05, 0.1) is 25.4 Å². The minimum Gasteiger partial charge on any atom is -0.494 e. The molecule has 0 spiro atoms. The zero-order valence-corrected chi connectivity index (χ0v) is 18.9. The number of aliphatic imine (C=N–C) groups is 1. The zero-order valence-electron chi connectivity index (χ0n) is 15.7. The molecule has 0 bridgehead atoms. The molecule has 1 atom stereocenters. The molecular formula is C18H26FIN4OS. The van der Waals surface area contributed by atoms with Crippen LogP contribution < -0.4 is 15.4 Å². The fourth-order valence-electron chi connectivity index (χ4n) is 2.31. The Bertz CT molecular complexity index is 731. The van der Waals surface area contributed by atoms with E-state index < -0.39 is 0 Å². The summed E-state index contributed by atoms with van der Waals surface area (Å²) in [5, 5.41) is 7.49. The van der Waals surface area contributed by atoms with E-state index in [9.17, 15) is 4.39 Å². The van der Waals surface area contributed by atoms with Crippen molar-refractivity contribution in [2.24, 2.45) is 4.99 Å². The van der Waals surface area contributed by atoms with E-state index in [0.29, 0.717) is 12.5 Å². The second-order valence-electron chi connectivity index (χ2n) is 5.70. The van der Waals surface area contributed by atoms with E-state index in [0.717, 1.165) is 22.8 Å². The number of methoxy groups -OCH3 is 1. The first-order valence-electron chi connectivity index (χ1n) is 8.25. The summed E-state index contributed by atoms with van der Waals surface area (Å²) < 4.78 is 18.9. The fourth-order valence-corrected chi connectivity index (χ4v) is 3.17. The van der Waals surface area contributed by atoms with Gasteiger partial charge in [-0.25, -0.2) is 14.4 Å². The van der Waals surface area contributed by atoms with E-state index in [-0.39, 0.29) is 41.6 Å². The van der Waals surface area contributed by atoms with E-state index in [1.165, 1.54) is 18.1 Å². The quantitative estimate of drug-likeness (QED) is 0.358. The fraction of sp³-hybridized carbons (Fsp3) is 0.444. The summed E-state index contributed by atoms with van der Waals surface area (Å²) in [6.45, 7) is 9.29. The van der Waals surface area contributed by atoms with Gasteiger partial charge >= 0.3 is 0 Å². The number of aryl methyl sites for hydroxylation is 2. The SMILES string of the molecule is CCNC(=NCc1nc(C)c(C)s1)NC(C)c1ccc(OC)c(F)c1.I. The smallest absolute Gasteiger partial charge is 0.192 e. The topological polar surface area (TPSA) is 58.5 Å². The highest BCUT2D eigenvalue weighted by Gasteiger charge is 2.11. The molecule has 26 heavy (non-hydrogen) atoms. The lowest BCUT2D eigenvalue weighted by Gasteiger charge is -2.18. The normalized spacial score (nSPS) is 12.3. The molecule has 1 heterocycles. The van der Waals surface area contributed by atoms with Crippen molar-refractivity contribution in [3.05, 3.63) is 45.2 Å². The van der Waals surface area contributed by atoms with Crippen molar-refractivity contribution in [2.75, 3.05) is 13.7 Å². The van der Waals surface area contributed by atoms with Crippen LogP contribution in [0.3, 0.4) is 0 Å². The zero-order chi connectivity index (χ0) is 18.4. The van der Waals surface area contributed by atoms with Crippen molar-refractivity contribution in [3.8, 4) is 5.75 Å². The van der Waals surface area contributed by atoms with Crippen molar-refractivity contribution in [1.29, 1.82) is 0 Å². The Morgan fingerprint density at radius 3 is 2.65 bits per heavy atom. The Hall–Kier alpha value is -1.42. The molecule has 0 aliphatic heterocycles. The third-order valence-corrected chi connectivity index (χ3v) is 4.88. The Morgan fingerprint density at radius 1 is 1.38 bits per heavy atom. The lowest BCUT2D eigenvalue weighted by Crippen LogP contribution is -2.38. The summed E-state index contributed by atoms with van der Waals surface area (Å²) in [6, 6.07) is 4.86. The van der Waals surface area contributed by atoms with E-state index in [4.69, 9.17) is 4.74 Å². The number of hydrogen-bond donors (Lipinski definition) is 2. The molecule has 0 aliphatic rings. The monoisotopic (exact) mass is 492 g/mol. The lowest BCUT2D eigenvalue weighted by molar-refractivity contribution is 0.386. The van der Waals surface area contributed by atoms with Crippen molar-refractivity contribution in [3.63, 3.8) is 0 Å². The van der Waals surface area contributed by atoms with Crippen molar-refractivity contribution >= 4 is 41.3 Å². The van der Waals surface area contributed by atoms with Crippen molar-refractivity contribution in [2.45, 2.75) is 40.3 Å². The van der Waals surface area contributed by atoms with Crippen LogP contribution in [-0.2, 0) is 6.54 Å². The number of aromatic nitrogens is 1. The molecule has 2 rings (SSSR count). The second-order valence-corrected chi connectivity index (χ2v) is 6.99. The molecule has 2 N–H and O–H groups in total. The number of benzene rings is 1. The van der Waals surface area contributed by atoms with Gasteiger partial charge in [0, 0.05) is 11.4 Å². The number of ether oxygens (including phenoxy) is 1. The molecule has 1 aromatic heterocycles. The van der Waals surface area contributed by atoms with Gasteiger partial charge in [0.1, 0.15) is 5.01 Å². The van der Waals surface area contributed by atoms with Crippen LogP contribution in [0.5, 0.6) is 5.75 Å². The molecule has 0 saturated carbocycles. The van der Waals surface area contributed by atoms with Crippen LogP contribution in [0.25, 0.3) is 0 Å². The summed E-state index contributed by atoms with van der Waals surface area (Å²) in [5.74, 6) is 0.548. The average molecular weight is 492 g/mol. The number of rotatable bonds is 6. The van der Waals surface area contributed by atoms with Crippen LogP contribution in [-0.4, -0.2) is 24.6 Å². The van der Waals surface area contributed by atoms with Gasteiger partial charge < -0.3 is 15.4 Å². The van der Waals surface area contributed by atoms with E-state index in [1.807, 2.05) is 26.8 Å². The summed E-state index contributed by atoms with van der Waals surface area (Å²) in [7, 11) is 1.46. The number of thiazole rings is 1. The molecule has 0 radical (unpaired) electrons. The van der Waals surface area contributed by atoms with Gasteiger partial charge in [-0.15, -0.1) is 35.3 Å². The molecule has 1 unspecified atom stereocenters. The first kappa shape index (κ1) is 22.6. The molecule has 5 nitrogen and oxygen atoms in total. The molecule has 144 valence electrons. The Labute approximate surface area is 175 Å². The van der Waals surface area contributed by atoms with Crippen LogP contribution in [0, 0.1) is 19.7 Å². The highest BCUT2D eigenvalue weighted by molar-refractivity contribution is 14.0. The van der Waals surface area contributed by atoms with Crippen LogP contribution in [0.2, 0.25) is 0 Å². The molecule has 0 amide bonds. The summed E-state index contributed by atoms with van der Waals surface area (Å²) in [6.07, 6.45) is 0. The number of guanidine groups is 1. The molecule has 0 aliphatic carbocycles. The van der Waals surface area contributed by atoms with Gasteiger partial charge in [0.2, 0.25) is 0 Å². The maximum Gasteiger partial charge on any atom is 0.192 e. The highest BCUT2D eigenvalue weighted by Crippen LogP contribution is 2.22. The summed E-state index contributed by atoms with van der Waals surface area (Å²) >= 11 is 1.66. The first-order chi connectivity index (χ1) is 11.9. The van der Waals surface area contributed by atoms with Crippen molar-refractivity contribution in [1.82, 2.24) is 15.6 Å². The van der Waals surface area contributed by atoms with Crippen LogP contribution in [0.15, 0.2) is 23.2 Å². The summed E-state index contributed by atoms with van der Waals surface area (Å²) in [5.41, 5.74) is 1.88. The minimum absolute atomic E-state index is 0. The van der Waals surface area contributed by atoms with E-state index in [1.54, 1.807) is 17.4 Å². The predicted octanol–water partition coefficient (Wildman–Crippen LogP) is 4.34. The second kappa shape index (κ2) is 10.7. The number of hydrogen-bond acceptors (Lipinski definition) is 4. The number of nitrogens with one attached hydrogen (secondary N) is 2. The highest BCUT2D eigenvalue weighted by atomic mass is 127. The molecule has 0 saturated heterocycles. The van der Waals surface area contributed by atoms with Gasteiger partial charge in [-0.1, -0.05) is 6.07 Å². The van der Waals surface area contributed by atoms with Crippen LogP contribution >= 0.6 is 35.3 Å². The standard InChI is InChI=1S/C18H25FN4OS.HI/c1-6-20-18(21-10-17-22-11(2)13(4)25-17)23-12(3)14-7-8-16(24-5)15(19)9-14;/h7-9,12H,6,10H2,1-5H3,(H2,20,21,23);1H. The Balaban J connectivity index is 0.00000338. The number of halogens is 2. The van der Waals surface area contributed by atoms with Gasteiger partial charge in [-0.3, -0.25) is 0 Å². The maximum absolute atomic E-state index is 13.9. The van der Waals surface area contributed by atoms with Gasteiger partial charge in [-0.2, -0.15) is 0 Å². The lowest BCUT2D eigenvalue weighted by atomic mass is 10.1. The molecule has 0 fully saturated rings. The molecule has 8 heteroatoms. The third-order valence-electron chi connectivity index (χ3n) is 3.82. The summed E-state index contributed by atoms with van der Waals surface area (Å²) in [4.78, 5) is 10.3. The average Bonchev–Trinajstić information content (AvgIpc) is 2.91. The van der Waals surface area contributed by atoms with Gasteiger partial charge in [0.15, 0.2) is 17.5 Å². The maximum atomic E-state index is 13.9. The van der Waals surface area contributed by atoms with E-state index in [2.05, 4.69) is 27.5 Å². The molecular weight excluding hydrogens is 466 g/mol. The molecule has 1 aromatic carbocycles. The Morgan fingerprint density at radius 2 is 2.12 bits per heavy atom. The third kappa shape index (κ3) is 6.08. The van der Waals surface area contributed by atoms with Gasteiger partial charge in [0.25, 0.3) is 0 Å². The van der Waals surface area contributed by atoms with Crippen LogP contribution in [0.1, 0.15) is 41.0 Å². The van der Waals surface area contributed by atoms with Crippen molar-refractivity contribution < 1.29 is 9.13 Å². The van der Waals surface area contributed by atoms with E-state index >= 15 is 0 Å². The minimum atomic E-state index is -0.371. The predicted molar refractivity (Wildman–Crippen MR) is 116 cm³/mol. The largest absolute Gasteiger partial charge is 0.494 e. The van der Waals surface area contributed by atoms with Gasteiger partial charge in [-0.05, 0) is 45.4 Å². The number of nitrogens with zero attached hydrogens (tertiary/aromatic N) is 2. The Kier molecular flexibility index (Phi) is 9.28. The first-order valence-corrected chi connectivity index (χ1v) is 9.07. The molecule has 2 aromatic rings. The van der Waals surface area contributed by atoms with Crippen LogP contribution in [0.4, 0.5) is 4.39 Å².